The SMILES string of the molecule is CCN(CC)c1ccc(CNC(=O)C(=O)Nc2ccccc2OC(F)F)cn1. The number of nitrogens with zero attached hydrogens (tertiary/aromatic N) is 2. The van der Waals surface area contributed by atoms with Crippen LogP contribution in [0.1, 0.15) is 19.4 Å². The van der Waals surface area contributed by atoms with Crippen molar-refractivity contribution in [2.24, 2.45) is 0 Å². The van der Waals surface area contributed by atoms with Crippen LogP contribution in [0.25, 0.3) is 0 Å². The molecule has 0 radical (unpaired) electrons. The third-order valence-electron chi connectivity index (χ3n) is 3.91. The highest BCUT2D eigenvalue weighted by atomic mass is 19.3. The van der Waals surface area contributed by atoms with Crippen LogP contribution in [0.15, 0.2) is 42.6 Å². The second-order valence-electron chi connectivity index (χ2n) is 5.71. The topological polar surface area (TPSA) is 83.6 Å². The lowest BCUT2D eigenvalue weighted by Crippen LogP contribution is -2.35. The summed E-state index contributed by atoms with van der Waals surface area (Å²) in [5.41, 5.74) is 0.701. The highest BCUT2D eigenvalue weighted by molar-refractivity contribution is 6.39. The molecular formula is C19H22F2N4O3. The highest BCUT2D eigenvalue weighted by Crippen LogP contribution is 2.25. The van der Waals surface area contributed by atoms with Crippen LogP contribution in [0.3, 0.4) is 0 Å². The molecule has 150 valence electrons. The van der Waals surface area contributed by atoms with Crippen molar-refractivity contribution in [3.63, 3.8) is 0 Å². The van der Waals surface area contributed by atoms with Crippen molar-refractivity contribution in [3.05, 3.63) is 48.2 Å². The Hall–Kier alpha value is -3.23. The second-order valence-corrected chi connectivity index (χ2v) is 5.71. The summed E-state index contributed by atoms with van der Waals surface area (Å²) in [7, 11) is 0. The van der Waals surface area contributed by atoms with E-state index >= 15 is 0 Å². The Morgan fingerprint density at radius 3 is 2.43 bits per heavy atom. The van der Waals surface area contributed by atoms with Crippen LogP contribution in [0, 0.1) is 0 Å². The first-order chi connectivity index (χ1) is 13.4. The van der Waals surface area contributed by atoms with E-state index in [9.17, 15) is 18.4 Å². The minimum absolute atomic E-state index is 0.0202. The maximum Gasteiger partial charge on any atom is 0.387 e. The molecule has 0 bridgehead atoms. The summed E-state index contributed by atoms with van der Waals surface area (Å²) < 4.78 is 29.1. The van der Waals surface area contributed by atoms with Gasteiger partial charge >= 0.3 is 18.4 Å². The zero-order valence-corrected chi connectivity index (χ0v) is 15.6. The van der Waals surface area contributed by atoms with E-state index in [4.69, 9.17) is 0 Å². The number of anilines is 2. The number of halogens is 2. The summed E-state index contributed by atoms with van der Waals surface area (Å²) >= 11 is 0. The Labute approximate surface area is 161 Å². The Morgan fingerprint density at radius 1 is 1.11 bits per heavy atom. The zero-order valence-electron chi connectivity index (χ0n) is 15.6. The minimum atomic E-state index is -3.04. The lowest BCUT2D eigenvalue weighted by atomic mass is 10.2. The average molecular weight is 392 g/mol. The van der Waals surface area contributed by atoms with Crippen LogP contribution in [-0.2, 0) is 16.1 Å². The van der Waals surface area contributed by atoms with Crippen molar-refractivity contribution in [2.75, 3.05) is 23.3 Å². The molecule has 0 fully saturated rings. The number of ether oxygens (including phenoxy) is 1. The van der Waals surface area contributed by atoms with E-state index in [2.05, 4.69) is 25.3 Å². The van der Waals surface area contributed by atoms with E-state index in [0.29, 0.717) is 0 Å². The number of amides is 2. The predicted octanol–water partition coefficient (Wildman–Crippen LogP) is 2.78. The molecular weight excluding hydrogens is 370 g/mol. The van der Waals surface area contributed by atoms with Gasteiger partial charge in [-0.15, -0.1) is 0 Å². The van der Waals surface area contributed by atoms with Crippen LogP contribution in [-0.4, -0.2) is 36.5 Å². The molecule has 1 aromatic heterocycles. The van der Waals surface area contributed by atoms with Gasteiger partial charge < -0.3 is 20.3 Å². The summed E-state index contributed by atoms with van der Waals surface area (Å²) in [6, 6.07) is 9.27. The Kier molecular flexibility index (Phi) is 7.67. The van der Waals surface area contributed by atoms with E-state index in [1.807, 2.05) is 26.0 Å². The number of alkyl halides is 2. The number of carbonyl (C=O) groups excluding carboxylic acids is 2. The van der Waals surface area contributed by atoms with Gasteiger partial charge in [0.05, 0.1) is 5.69 Å². The van der Waals surface area contributed by atoms with Crippen molar-refractivity contribution in [1.82, 2.24) is 10.3 Å². The van der Waals surface area contributed by atoms with Gasteiger partial charge in [0.15, 0.2) is 0 Å². The maximum absolute atomic E-state index is 12.4. The molecule has 1 aromatic carbocycles. The Balaban J connectivity index is 1.92. The molecule has 0 atom stereocenters. The standard InChI is InChI=1S/C19H22F2N4O3/c1-3-25(4-2)16-10-9-13(11-22-16)12-23-17(26)18(27)24-14-7-5-6-8-15(14)28-19(20)21/h5-11,19H,3-4,12H2,1-2H3,(H,23,26)(H,24,27). The minimum Gasteiger partial charge on any atom is -0.433 e. The summed E-state index contributed by atoms with van der Waals surface area (Å²) in [6.07, 6.45) is 1.62. The van der Waals surface area contributed by atoms with Crippen molar-refractivity contribution in [1.29, 1.82) is 0 Å². The molecule has 2 amide bonds. The Morgan fingerprint density at radius 2 is 1.82 bits per heavy atom. The number of benzene rings is 1. The molecule has 2 N–H and O–H groups in total. The summed E-state index contributed by atoms with van der Waals surface area (Å²) in [5.74, 6) is -1.29. The van der Waals surface area contributed by atoms with E-state index in [-0.39, 0.29) is 18.0 Å². The molecule has 0 saturated heterocycles. The van der Waals surface area contributed by atoms with E-state index in [1.165, 1.54) is 24.3 Å². The second kappa shape index (κ2) is 10.2. The van der Waals surface area contributed by atoms with Crippen LogP contribution in [0.4, 0.5) is 20.3 Å². The van der Waals surface area contributed by atoms with Crippen LogP contribution >= 0.6 is 0 Å². The third-order valence-corrected chi connectivity index (χ3v) is 3.91. The number of aromatic nitrogens is 1. The molecule has 0 aliphatic rings. The molecule has 0 spiro atoms. The first-order valence-corrected chi connectivity index (χ1v) is 8.77. The van der Waals surface area contributed by atoms with Crippen molar-refractivity contribution >= 4 is 23.3 Å². The molecule has 0 aliphatic carbocycles. The van der Waals surface area contributed by atoms with Crippen molar-refractivity contribution in [3.8, 4) is 5.75 Å². The van der Waals surface area contributed by atoms with Gasteiger partial charge in [0.2, 0.25) is 0 Å². The summed E-state index contributed by atoms with van der Waals surface area (Å²) in [6.45, 7) is 2.78. The van der Waals surface area contributed by atoms with E-state index in [1.54, 1.807) is 6.20 Å². The molecule has 2 rings (SSSR count). The number of carbonyl (C=O) groups is 2. The number of pyridine rings is 1. The smallest absolute Gasteiger partial charge is 0.387 e. The largest absolute Gasteiger partial charge is 0.433 e. The van der Waals surface area contributed by atoms with Gasteiger partial charge in [-0.25, -0.2) is 4.98 Å². The van der Waals surface area contributed by atoms with Gasteiger partial charge in [-0.05, 0) is 37.6 Å². The summed E-state index contributed by atoms with van der Waals surface area (Å²) in [4.78, 5) is 30.4. The van der Waals surface area contributed by atoms with Gasteiger partial charge in [0.1, 0.15) is 11.6 Å². The van der Waals surface area contributed by atoms with Gasteiger partial charge in [0, 0.05) is 25.8 Å². The molecule has 0 aliphatic heterocycles. The number of rotatable bonds is 8. The highest BCUT2D eigenvalue weighted by Gasteiger charge is 2.17. The number of para-hydroxylation sites is 2. The van der Waals surface area contributed by atoms with E-state index in [0.717, 1.165) is 24.5 Å². The molecule has 7 nitrogen and oxygen atoms in total. The molecule has 2 aromatic rings. The van der Waals surface area contributed by atoms with Crippen LogP contribution in [0.5, 0.6) is 5.75 Å². The van der Waals surface area contributed by atoms with Crippen LogP contribution < -0.4 is 20.3 Å². The van der Waals surface area contributed by atoms with Gasteiger partial charge in [-0.3, -0.25) is 9.59 Å². The predicted molar refractivity (Wildman–Crippen MR) is 101 cm³/mol. The zero-order chi connectivity index (χ0) is 20.5. The third kappa shape index (κ3) is 5.90. The molecule has 0 saturated carbocycles. The molecule has 1 heterocycles. The average Bonchev–Trinajstić information content (AvgIpc) is 2.69. The number of hydrogen-bond acceptors (Lipinski definition) is 5. The normalized spacial score (nSPS) is 10.5. The first-order valence-electron chi connectivity index (χ1n) is 8.77. The fraction of sp³-hybridized carbons (Fsp3) is 0.316. The molecule has 28 heavy (non-hydrogen) atoms. The molecule has 9 heteroatoms. The quantitative estimate of drug-likeness (QED) is 0.675. The maximum atomic E-state index is 12.4. The van der Waals surface area contributed by atoms with Gasteiger partial charge in [-0.1, -0.05) is 18.2 Å². The monoisotopic (exact) mass is 392 g/mol. The van der Waals surface area contributed by atoms with Gasteiger partial charge in [-0.2, -0.15) is 8.78 Å². The fourth-order valence-corrected chi connectivity index (χ4v) is 2.47. The van der Waals surface area contributed by atoms with Gasteiger partial charge in [0.25, 0.3) is 0 Å². The molecule has 0 unspecified atom stereocenters. The lowest BCUT2D eigenvalue weighted by Gasteiger charge is -2.19. The van der Waals surface area contributed by atoms with Crippen LogP contribution in [0.2, 0.25) is 0 Å². The first kappa shape index (κ1) is 21.1. The van der Waals surface area contributed by atoms with Crippen molar-refractivity contribution in [2.45, 2.75) is 27.0 Å². The van der Waals surface area contributed by atoms with E-state index < -0.39 is 18.4 Å². The number of hydrogen-bond donors (Lipinski definition) is 2. The van der Waals surface area contributed by atoms with Crippen molar-refractivity contribution < 1.29 is 23.1 Å². The fourth-order valence-electron chi connectivity index (χ4n) is 2.47. The Bertz CT molecular complexity index is 796. The summed E-state index contributed by atoms with van der Waals surface area (Å²) in [5, 5.41) is 4.72. The lowest BCUT2D eigenvalue weighted by molar-refractivity contribution is -0.136. The number of nitrogens with one attached hydrogen (secondary N) is 2.